The van der Waals surface area contributed by atoms with Crippen LogP contribution in [0.3, 0.4) is 0 Å². The van der Waals surface area contributed by atoms with Gasteiger partial charge in [0.05, 0.1) is 25.2 Å². The number of carbonyl (C=O) groups is 1. The van der Waals surface area contributed by atoms with Gasteiger partial charge in [0.25, 0.3) is 0 Å². The number of hydrogen-bond donors (Lipinski definition) is 1. The fraction of sp³-hybridized carbons (Fsp3) is 0.500. The lowest BCUT2D eigenvalue weighted by Gasteiger charge is -2.12. The molecule has 0 saturated heterocycles. The fourth-order valence-corrected chi connectivity index (χ4v) is 2.92. The van der Waals surface area contributed by atoms with Crippen LogP contribution in [0, 0.1) is 6.92 Å². The third kappa shape index (κ3) is 6.03. The molecule has 1 rings (SSSR count). The molecule has 0 aliphatic heterocycles. The molecule has 118 valence electrons. The van der Waals surface area contributed by atoms with Crippen LogP contribution in [0.25, 0.3) is 0 Å². The molecule has 0 amide bonds. The predicted molar refractivity (Wildman–Crippen MR) is 81.0 cm³/mol. The second-order valence-corrected chi connectivity index (χ2v) is 6.35. The Labute approximate surface area is 125 Å². The second kappa shape index (κ2) is 7.87. The van der Waals surface area contributed by atoms with Crippen LogP contribution in [0.2, 0.25) is 0 Å². The van der Waals surface area contributed by atoms with E-state index in [2.05, 4.69) is 9.46 Å². The molecule has 0 fully saturated rings. The molecule has 0 aliphatic carbocycles. The molecular formula is C14H21NO5S. The molecule has 0 spiro atoms. The molecule has 7 heteroatoms. The summed E-state index contributed by atoms with van der Waals surface area (Å²) >= 11 is 0. The number of carbonyl (C=O) groups excluding carboxylic acids is 1. The molecule has 6 nitrogen and oxygen atoms in total. The maximum Gasteiger partial charge on any atom is 0.305 e. The third-order valence-electron chi connectivity index (χ3n) is 2.80. The van der Waals surface area contributed by atoms with E-state index in [9.17, 15) is 13.2 Å². The molecule has 0 aliphatic rings. The molecule has 1 N–H and O–H groups in total. The highest BCUT2D eigenvalue weighted by atomic mass is 32.2. The molecule has 0 bridgehead atoms. The van der Waals surface area contributed by atoms with Gasteiger partial charge in [0, 0.05) is 6.42 Å². The maximum absolute atomic E-state index is 11.9. The zero-order valence-electron chi connectivity index (χ0n) is 12.5. The van der Waals surface area contributed by atoms with Crippen molar-refractivity contribution in [3.63, 3.8) is 0 Å². The van der Waals surface area contributed by atoms with Gasteiger partial charge < -0.3 is 9.47 Å². The van der Waals surface area contributed by atoms with Crippen molar-refractivity contribution in [3.8, 4) is 5.75 Å². The van der Waals surface area contributed by atoms with E-state index in [1.165, 1.54) is 7.11 Å². The summed E-state index contributed by atoms with van der Waals surface area (Å²) in [6, 6.07) is 5.15. The van der Waals surface area contributed by atoms with Gasteiger partial charge >= 0.3 is 5.97 Å². The number of aryl methyl sites for hydroxylation is 1. The van der Waals surface area contributed by atoms with Crippen LogP contribution in [0.5, 0.6) is 5.75 Å². The maximum atomic E-state index is 11.9. The molecule has 0 atom stereocenters. The first-order valence-corrected chi connectivity index (χ1v) is 8.34. The smallest absolute Gasteiger partial charge is 0.305 e. The molecule has 0 saturated carbocycles. The fourth-order valence-electron chi connectivity index (χ4n) is 1.73. The lowest BCUT2D eigenvalue weighted by molar-refractivity contribution is -0.140. The van der Waals surface area contributed by atoms with Crippen LogP contribution in [0.15, 0.2) is 18.2 Å². The van der Waals surface area contributed by atoms with Crippen molar-refractivity contribution in [3.05, 3.63) is 23.8 Å². The van der Waals surface area contributed by atoms with Gasteiger partial charge in [-0.2, -0.15) is 0 Å². The Morgan fingerprint density at radius 2 is 2.05 bits per heavy atom. The first kappa shape index (κ1) is 17.3. The first-order chi connectivity index (χ1) is 9.88. The van der Waals surface area contributed by atoms with E-state index in [-0.39, 0.29) is 18.6 Å². The zero-order valence-corrected chi connectivity index (χ0v) is 13.3. The Balaban J connectivity index is 2.64. The van der Waals surface area contributed by atoms with Crippen molar-refractivity contribution >= 4 is 21.7 Å². The summed E-state index contributed by atoms with van der Waals surface area (Å²) in [6.07, 6.45) is 0.303. The van der Waals surface area contributed by atoms with Gasteiger partial charge in [0.1, 0.15) is 5.75 Å². The van der Waals surface area contributed by atoms with Gasteiger partial charge in [-0.05, 0) is 44.0 Å². The van der Waals surface area contributed by atoms with Crippen molar-refractivity contribution < 1.29 is 22.7 Å². The Kier molecular flexibility index (Phi) is 6.48. The van der Waals surface area contributed by atoms with E-state index < -0.39 is 16.0 Å². The van der Waals surface area contributed by atoms with Gasteiger partial charge in [-0.25, -0.2) is 8.42 Å². The summed E-state index contributed by atoms with van der Waals surface area (Å²) in [4.78, 5) is 11.0. The quantitative estimate of drug-likeness (QED) is 0.743. The Bertz CT molecular complexity index is 583. The average Bonchev–Trinajstić information content (AvgIpc) is 2.41. The zero-order chi connectivity index (χ0) is 15.9. The van der Waals surface area contributed by atoms with E-state index in [1.54, 1.807) is 25.1 Å². The highest BCUT2D eigenvalue weighted by Crippen LogP contribution is 2.22. The van der Waals surface area contributed by atoms with Crippen LogP contribution in [-0.4, -0.2) is 33.9 Å². The van der Waals surface area contributed by atoms with Gasteiger partial charge in [-0.1, -0.05) is 0 Å². The second-order valence-electron chi connectivity index (χ2n) is 4.51. The monoisotopic (exact) mass is 315 g/mol. The average molecular weight is 315 g/mol. The van der Waals surface area contributed by atoms with E-state index in [0.29, 0.717) is 18.0 Å². The minimum absolute atomic E-state index is 0.0830. The van der Waals surface area contributed by atoms with Crippen LogP contribution < -0.4 is 9.46 Å². The number of benzene rings is 1. The lowest BCUT2D eigenvalue weighted by Crippen LogP contribution is -2.18. The molecule has 0 heterocycles. The molecule has 1 aromatic carbocycles. The molecule has 0 aromatic heterocycles. The molecule has 21 heavy (non-hydrogen) atoms. The Hall–Kier alpha value is -1.76. The van der Waals surface area contributed by atoms with Crippen LogP contribution >= 0.6 is 0 Å². The van der Waals surface area contributed by atoms with Gasteiger partial charge in [0.15, 0.2) is 0 Å². The third-order valence-corrected chi connectivity index (χ3v) is 4.15. The van der Waals surface area contributed by atoms with E-state index in [4.69, 9.17) is 4.74 Å². The summed E-state index contributed by atoms with van der Waals surface area (Å²) < 4.78 is 36.2. The Morgan fingerprint density at radius 1 is 1.33 bits per heavy atom. The summed E-state index contributed by atoms with van der Waals surface area (Å²) in [5, 5.41) is 0. The highest BCUT2D eigenvalue weighted by Gasteiger charge is 2.13. The normalized spacial score (nSPS) is 11.0. The molecular weight excluding hydrogens is 294 g/mol. The summed E-state index contributed by atoms with van der Waals surface area (Å²) in [5.74, 6) is 0.153. The molecule has 0 unspecified atom stereocenters. The molecule has 0 radical (unpaired) electrons. The minimum Gasteiger partial charge on any atom is -0.494 e. The van der Waals surface area contributed by atoms with Crippen LogP contribution in [0.1, 0.15) is 25.3 Å². The largest absolute Gasteiger partial charge is 0.494 e. The van der Waals surface area contributed by atoms with Crippen molar-refractivity contribution in [2.75, 3.05) is 24.2 Å². The summed E-state index contributed by atoms with van der Waals surface area (Å²) in [6.45, 7) is 4.24. The standard InChI is InChI=1S/C14H21NO5S/c1-4-20-12-7-8-13(11(2)10-12)15-21(17,18)9-5-6-14(16)19-3/h7-8,10,15H,4-6,9H2,1-3H3. The number of rotatable bonds is 8. The van der Waals surface area contributed by atoms with E-state index >= 15 is 0 Å². The minimum atomic E-state index is -3.48. The van der Waals surface area contributed by atoms with Gasteiger partial charge in [-0.3, -0.25) is 9.52 Å². The summed E-state index contributed by atoms with van der Waals surface area (Å²) in [5.41, 5.74) is 1.29. The Morgan fingerprint density at radius 3 is 2.62 bits per heavy atom. The van der Waals surface area contributed by atoms with Crippen molar-refractivity contribution in [1.29, 1.82) is 0 Å². The number of methoxy groups -OCH3 is 1. The number of sulfonamides is 1. The number of ether oxygens (including phenoxy) is 2. The molecule has 1 aromatic rings. The number of nitrogens with one attached hydrogen (secondary N) is 1. The van der Waals surface area contributed by atoms with Gasteiger partial charge in [-0.15, -0.1) is 0 Å². The number of anilines is 1. The van der Waals surface area contributed by atoms with Crippen LogP contribution in [0.4, 0.5) is 5.69 Å². The topological polar surface area (TPSA) is 81.7 Å². The van der Waals surface area contributed by atoms with Crippen molar-refractivity contribution in [2.45, 2.75) is 26.7 Å². The van der Waals surface area contributed by atoms with Crippen molar-refractivity contribution in [2.24, 2.45) is 0 Å². The van der Waals surface area contributed by atoms with Gasteiger partial charge in [0.2, 0.25) is 10.0 Å². The SMILES string of the molecule is CCOc1ccc(NS(=O)(=O)CCCC(=O)OC)c(C)c1. The van der Waals surface area contributed by atoms with E-state index in [0.717, 1.165) is 5.56 Å². The lowest BCUT2D eigenvalue weighted by atomic mass is 10.2. The number of esters is 1. The van der Waals surface area contributed by atoms with E-state index in [1.807, 2.05) is 6.92 Å². The first-order valence-electron chi connectivity index (χ1n) is 6.68. The predicted octanol–water partition coefficient (Wildman–Crippen LogP) is 2.09. The van der Waals surface area contributed by atoms with Crippen molar-refractivity contribution in [1.82, 2.24) is 0 Å². The van der Waals surface area contributed by atoms with Crippen LogP contribution in [-0.2, 0) is 19.6 Å². The highest BCUT2D eigenvalue weighted by molar-refractivity contribution is 7.92. The number of hydrogen-bond acceptors (Lipinski definition) is 5. The summed E-state index contributed by atoms with van der Waals surface area (Å²) in [7, 11) is -2.21.